The molecule has 2 aliphatic heterocycles. The number of sulfone groups is 1. The van der Waals surface area contributed by atoms with E-state index >= 15 is 0 Å². The molecule has 1 saturated heterocycles. The Morgan fingerprint density at radius 1 is 1.14 bits per heavy atom. The van der Waals surface area contributed by atoms with Crippen LogP contribution >= 0.6 is 11.3 Å². The van der Waals surface area contributed by atoms with Crippen molar-refractivity contribution in [3.05, 3.63) is 41.3 Å². The average Bonchev–Trinajstić information content (AvgIpc) is 3.22. The Morgan fingerprint density at radius 3 is 2.55 bits per heavy atom. The van der Waals surface area contributed by atoms with E-state index in [1.54, 1.807) is 19.2 Å². The highest BCUT2D eigenvalue weighted by atomic mass is 32.2. The summed E-state index contributed by atoms with van der Waals surface area (Å²) in [5.74, 6) is 0.287. The number of rotatable bonds is 6. The fourth-order valence-electron chi connectivity index (χ4n) is 4.35. The first-order valence-electron chi connectivity index (χ1n) is 10.1. The smallest absolute Gasteiger partial charge is 0.191 e. The summed E-state index contributed by atoms with van der Waals surface area (Å²) in [6.45, 7) is 4.74. The van der Waals surface area contributed by atoms with Gasteiger partial charge in [0, 0.05) is 44.5 Å². The number of fused-ring (bicyclic) bond motifs is 1. The van der Waals surface area contributed by atoms with E-state index in [0.717, 1.165) is 50.4 Å². The number of aromatic hydroxyl groups is 1. The minimum Gasteiger partial charge on any atom is -0.508 e. The maximum Gasteiger partial charge on any atom is 0.191 e. The van der Waals surface area contributed by atoms with E-state index < -0.39 is 9.84 Å². The van der Waals surface area contributed by atoms with E-state index in [9.17, 15) is 13.5 Å². The average molecular weight is 437 g/mol. The summed E-state index contributed by atoms with van der Waals surface area (Å²) in [5, 5.41) is 10.9. The summed E-state index contributed by atoms with van der Waals surface area (Å²) < 4.78 is 32.0. The molecule has 1 aromatic heterocycles. The summed E-state index contributed by atoms with van der Waals surface area (Å²) in [6.07, 6.45) is 1.99. The molecular weight excluding hydrogens is 408 g/mol. The zero-order valence-electron chi connectivity index (χ0n) is 16.7. The predicted octanol–water partition coefficient (Wildman–Crippen LogP) is 3.29. The van der Waals surface area contributed by atoms with Gasteiger partial charge in [-0.05, 0) is 61.5 Å². The molecule has 2 aliphatic rings. The van der Waals surface area contributed by atoms with Gasteiger partial charge in [-0.1, -0.05) is 0 Å². The van der Waals surface area contributed by atoms with Crippen LogP contribution in [-0.4, -0.2) is 63.5 Å². The number of anilines is 1. The number of thiophene rings is 1. The van der Waals surface area contributed by atoms with Gasteiger partial charge in [-0.2, -0.15) is 0 Å². The molecule has 158 valence electrons. The van der Waals surface area contributed by atoms with Gasteiger partial charge in [0.2, 0.25) is 0 Å². The second kappa shape index (κ2) is 8.63. The Balaban J connectivity index is 1.28. The largest absolute Gasteiger partial charge is 0.508 e. The van der Waals surface area contributed by atoms with E-state index in [4.69, 9.17) is 4.74 Å². The van der Waals surface area contributed by atoms with Gasteiger partial charge >= 0.3 is 0 Å². The quantitative estimate of drug-likeness (QED) is 0.749. The van der Waals surface area contributed by atoms with Gasteiger partial charge < -0.3 is 14.7 Å². The van der Waals surface area contributed by atoms with Crippen molar-refractivity contribution >= 4 is 26.9 Å². The molecule has 4 rings (SSSR count). The summed E-state index contributed by atoms with van der Waals surface area (Å²) in [7, 11) is -1.58. The molecule has 1 fully saturated rings. The van der Waals surface area contributed by atoms with Crippen molar-refractivity contribution in [3.63, 3.8) is 0 Å². The molecule has 0 bridgehead atoms. The molecule has 0 saturated carbocycles. The first-order valence-corrected chi connectivity index (χ1v) is 12.5. The van der Waals surface area contributed by atoms with Crippen LogP contribution < -0.4 is 4.90 Å². The van der Waals surface area contributed by atoms with Crippen LogP contribution in [0.3, 0.4) is 0 Å². The fourth-order valence-corrected chi connectivity index (χ4v) is 7.87. The van der Waals surface area contributed by atoms with Gasteiger partial charge in [0.15, 0.2) is 9.84 Å². The van der Waals surface area contributed by atoms with Crippen molar-refractivity contribution in [1.29, 1.82) is 0 Å². The van der Waals surface area contributed by atoms with E-state index in [-0.39, 0.29) is 17.1 Å². The summed E-state index contributed by atoms with van der Waals surface area (Å²) in [5.41, 5.74) is 1.97. The van der Waals surface area contributed by atoms with Crippen LogP contribution in [0.5, 0.6) is 5.75 Å². The number of phenols is 1. The lowest BCUT2D eigenvalue weighted by Gasteiger charge is -2.36. The number of hydrogen-bond acceptors (Lipinski definition) is 7. The van der Waals surface area contributed by atoms with Crippen molar-refractivity contribution in [3.8, 4) is 5.75 Å². The lowest BCUT2D eigenvalue weighted by atomic mass is 10.0. The lowest BCUT2D eigenvalue weighted by molar-refractivity contribution is 0.0893. The third kappa shape index (κ3) is 4.30. The van der Waals surface area contributed by atoms with Crippen LogP contribution in [0.4, 0.5) is 5.69 Å². The highest BCUT2D eigenvalue weighted by Crippen LogP contribution is 2.42. The van der Waals surface area contributed by atoms with Crippen molar-refractivity contribution in [2.75, 3.05) is 44.7 Å². The second-order valence-corrected chi connectivity index (χ2v) is 11.1. The van der Waals surface area contributed by atoms with Gasteiger partial charge in [-0.3, -0.25) is 4.90 Å². The number of piperazine rings is 1. The first-order chi connectivity index (χ1) is 14.0. The van der Waals surface area contributed by atoms with Crippen molar-refractivity contribution < 1.29 is 18.3 Å². The number of phenolic OH excluding ortho intramolecular Hbond substituents is 1. The minimum atomic E-state index is -3.24. The van der Waals surface area contributed by atoms with Crippen molar-refractivity contribution in [2.45, 2.75) is 34.8 Å². The first kappa shape index (κ1) is 20.7. The fraction of sp³-hybridized carbons (Fsp3) is 0.524. The molecule has 0 spiro atoms. The summed E-state index contributed by atoms with van der Waals surface area (Å²) in [6, 6.07) is 9.22. The van der Waals surface area contributed by atoms with Crippen LogP contribution in [-0.2, 0) is 14.6 Å². The standard InChI is InChI=1S/C21H28N2O4S2/c1-27-20-15-18(29(25,26)21-19(20)8-14-28-21)3-2-9-22-10-12-23(13-11-22)16-4-6-17(24)7-5-16/h4-8,14,18,20,24H,2-3,9-13,15H2,1H3. The Morgan fingerprint density at radius 2 is 1.86 bits per heavy atom. The zero-order valence-corrected chi connectivity index (χ0v) is 18.3. The van der Waals surface area contributed by atoms with Gasteiger partial charge in [0.05, 0.1) is 11.4 Å². The SMILES string of the molecule is COC1CC(CCCN2CCN(c3ccc(O)cc3)CC2)S(=O)(=O)c2sccc21. The van der Waals surface area contributed by atoms with Crippen LogP contribution in [0.1, 0.15) is 30.9 Å². The topological polar surface area (TPSA) is 70.1 Å². The second-order valence-electron chi connectivity index (χ2n) is 7.78. The monoisotopic (exact) mass is 436 g/mol. The number of benzene rings is 1. The molecular formula is C21H28N2O4S2. The van der Waals surface area contributed by atoms with Gasteiger partial charge in [0.1, 0.15) is 9.96 Å². The third-order valence-corrected chi connectivity index (χ3v) is 9.82. The van der Waals surface area contributed by atoms with Gasteiger partial charge in [-0.25, -0.2) is 8.42 Å². The molecule has 6 nitrogen and oxygen atoms in total. The van der Waals surface area contributed by atoms with Crippen LogP contribution in [0.25, 0.3) is 0 Å². The van der Waals surface area contributed by atoms with E-state index in [1.807, 2.05) is 23.6 Å². The molecule has 1 N–H and O–H groups in total. The maximum absolute atomic E-state index is 12.9. The Hall–Kier alpha value is -1.61. The molecule has 0 amide bonds. The van der Waals surface area contributed by atoms with Crippen LogP contribution in [0.2, 0.25) is 0 Å². The third-order valence-electron chi connectivity index (χ3n) is 6.05. The molecule has 2 unspecified atom stereocenters. The molecule has 2 aromatic rings. The predicted molar refractivity (Wildman–Crippen MR) is 116 cm³/mol. The Bertz CT molecular complexity index is 918. The molecule has 0 aliphatic carbocycles. The van der Waals surface area contributed by atoms with Crippen LogP contribution in [0.15, 0.2) is 39.9 Å². The normalized spacial score (nSPS) is 24.4. The maximum atomic E-state index is 12.9. The highest BCUT2D eigenvalue weighted by Gasteiger charge is 2.39. The number of nitrogens with zero attached hydrogens (tertiary/aromatic N) is 2. The molecule has 3 heterocycles. The number of methoxy groups -OCH3 is 1. The van der Waals surface area contributed by atoms with E-state index in [2.05, 4.69) is 9.80 Å². The van der Waals surface area contributed by atoms with Crippen molar-refractivity contribution in [1.82, 2.24) is 4.90 Å². The molecule has 0 radical (unpaired) electrons. The zero-order chi connectivity index (χ0) is 20.4. The molecule has 8 heteroatoms. The highest BCUT2D eigenvalue weighted by molar-refractivity contribution is 7.94. The van der Waals surface area contributed by atoms with Crippen molar-refractivity contribution in [2.24, 2.45) is 0 Å². The van der Waals surface area contributed by atoms with E-state index in [0.29, 0.717) is 17.1 Å². The molecule has 1 aromatic carbocycles. The van der Waals surface area contributed by atoms with Gasteiger partial charge in [-0.15, -0.1) is 11.3 Å². The summed E-state index contributed by atoms with van der Waals surface area (Å²) in [4.78, 5) is 4.74. The number of hydrogen-bond donors (Lipinski definition) is 1. The molecule has 2 atom stereocenters. The number of ether oxygens (including phenoxy) is 1. The minimum absolute atomic E-state index is 0.112. The molecule has 29 heavy (non-hydrogen) atoms. The lowest BCUT2D eigenvalue weighted by Crippen LogP contribution is -2.46. The summed E-state index contributed by atoms with van der Waals surface area (Å²) >= 11 is 1.32. The van der Waals surface area contributed by atoms with Crippen LogP contribution in [0, 0.1) is 0 Å². The Kier molecular flexibility index (Phi) is 6.15. The van der Waals surface area contributed by atoms with E-state index in [1.165, 1.54) is 11.3 Å². The Labute approximate surface area is 176 Å². The van der Waals surface area contributed by atoms with Gasteiger partial charge in [0.25, 0.3) is 0 Å².